The van der Waals surface area contributed by atoms with E-state index in [0.717, 1.165) is 32.2 Å². The third-order valence-corrected chi connectivity index (χ3v) is 7.39. The zero-order valence-electron chi connectivity index (χ0n) is 20.4. The summed E-state index contributed by atoms with van der Waals surface area (Å²) in [5.74, 6) is -1.38. The van der Waals surface area contributed by atoms with Crippen molar-refractivity contribution in [1.29, 1.82) is 0 Å². The Labute approximate surface area is 225 Å². The molecule has 6 rings (SSSR count). The summed E-state index contributed by atoms with van der Waals surface area (Å²) in [5.41, 5.74) is 4.19. The number of hydrogen-bond acceptors (Lipinski definition) is 7. The summed E-state index contributed by atoms with van der Waals surface area (Å²) in [5, 5.41) is 19.1. The van der Waals surface area contributed by atoms with Gasteiger partial charge in [-0.1, -0.05) is 12.1 Å². The highest BCUT2D eigenvalue weighted by Gasteiger charge is 2.16. The maximum Gasteiger partial charge on any atom is 0.335 e. The normalized spacial score (nSPS) is 11.1. The Morgan fingerprint density at radius 3 is 2.08 bits per heavy atom. The van der Waals surface area contributed by atoms with Crippen molar-refractivity contribution in [2.75, 3.05) is 0 Å². The summed E-state index contributed by atoms with van der Waals surface area (Å²) < 4.78 is 2.07. The number of fused-ring (bicyclic) bond motifs is 1. The van der Waals surface area contributed by atoms with E-state index in [2.05, 4.69) is 19.5 Å². The lowest BCUT2D eigenvalue weighted by Gasteiger charge is -2.08. The van der Waals surface area contributed by atoms with Gasteiger partial charge in [0.15, 0.2) is 5.82 Å². The average molecular weight is 534 g/mol. The summed E-state index contributed by atoms with van der Waals surface area (Å²) in [6.07, 6.45) is 3.00. The quantitative estimate of drug-likeness (QED) is 0.271. The van der Waals surface area contributed by atoms with E-state index in [1.807, 2.05) is 55.6 Å². The van der Waals surface area contributed by atoms with Gasteiger partial charge in [-0.15, -0.1) is 11.3 Å². The fraction of sp³-hybridized carbons (Fsp3) is 0.0345. The SMILES string of the molecule is Cn1c(-c2ccc(-c3ccnc(-c4cc(C(=O)O)cc(-c5cc(C(=O)O)ccn5)n4)c3)s2)nc2ccccc21. The fourth-order valence-electron chi connectivity index (χ4n) is 4.32. The minimum atomic E-state index is -1.14. The molecule has 5 heterocycles. The monoisotopic (exact) mass is 533 g/mol. The zero-order valence-corrected chi connectivity index (χ0v) is 21.3. The van der Waals surface area contributed by atoms with E-state index in [1.54, 1.807) is 17.5 Å². The molecular formula is C29H19N5O4S. The van der Waals surface area contributed by atoms with Gasteiger partial charge in [0.2, 0.25) is 0 Å². The minimum Gasteiger partial charge on any atom is -0.478 e. The number of benzene rings is 1. The molecule has 2 N–H and O–H groups in total. The van der Waals surface area contributed by atoms with Crippen LogP contribution in [0.25, 0.3) is 55.0 Å². The van der Waals surface area contributed by atoms with Gasteiger partial charge in [-0.3, -0.25) is 9.97 Å². The highest BCUT2D eigenvalue weighted by molar-refractivity contribution is 7.18. The van der Waals surface area contributed by atoms with Crippen molar-refractivity contribution in [3.63, 3.8) is 0 Å². The molecule has 0 saturated heterocycles. The number of pyridine rings is 3. The number of aryl methyl sites for hydroxylation is 1. The van der Waals surface area contributed by atoms with E-state index >= 15 is 0 Å². The molecule has 190 valence electrons. The van der Waals surface area contributed by atoms with Crippen LogP contribution in [0.2, 0.25) is 0 Å². The number of carbonyl (C=O) groups is 2. The Balaban J connectivity index is 1.40. The summed E-state index contributed by atoms with van der Waals surface area (Å²) in [7, 11) is 1.99. The van der Waals surface area contributed by atoms with Gasteiger partial charge in [-0.2, -0.15) is 0 Å². The lowest BCUT2D eigenvalue weighted by atomic mass is 10.1. The fourth-order valence-corrected chi connectivity index (χ4v) is 5.35. The highest BCUT2D eigenvalue weighted by Crippen LogP contribution is 2.36. The number of aromatic carboxylic acids is 2. The number of imidazole rings is 1. The summed E-state index contributed by atoms with van der Waals surface area (Å²) >= 11 is 1.59. The molecule has 0 amide bonds. The van der Waals surface area contributed by atoms with Crippen molar-refractivity contribution in [3.8, 4) is 43.9 Å². The number of thiophene rings is 1. The number of rotatable bonds is 6. The van der Waals surface area contributed by atoms with Crippen molar-refractivity contribution in [2.45, 2.75) is 0 Å². The van der Waals surface area contributed by atoms with E-state index in [-0.39, 0.29) is 22.5 Å². The minimum absolute atomic E-state index is 0.00927. The molecule has 9 nitrogen and oxygen atoms in total. The predicted molar refractivity (Wildman–Crippen MR) is 148 cm³/mol. The standard InChI is InChI=1S/C29H19N5O4S/c1-34-24-5-3-2-4-19(24)33-27(34)26-7-6-25(39-26)16-8-10-30-20(12-16)22-14-18(29(37)38)15-23(32-22)21-13-17(28(35)36)9-11-31-21/h2-15H,1H3,(H,35,36)(H,37,38). The Hall–Kier alpha value is -5.22. The molecular weight excluding hydrogens is 514 g/mol. The van der Waals surface area contributed by atoms with Gasteiger partial charge in [-0.25, -0.2) is 19.6 Å². The van der Waals surface area contributed by atoms with Crippen molar-refractivity contribution in [3.05, 3.63) is 96.3 Å². The summed E-state index contributed by atoms with van der Waals surface area (Å²) in [4.78, 5) is 43.3. The molecule has 5 aromatic heterocycles. The number of aromatic nitrogens is 5. The first-order valence-corrected chi connectivity index (χ1v) is 12.6. The van der Waals surface area contributed by atoms with Gasteiger partial charge >= 0.3 is 11.9 Å². The lowest BCUT2D eigenvalue weighted by Crippen LogP contribution is -2.02. The van der Waals surface area contributed by atoms with Crippen LogP contribution in [0.15, 0.2) is 85.2 Å². The zero-order chi connectivity index (χ0) is 27.1. The van der Waals surface area contributed by atoms with Crippen molar-refractivity contribution >= 4 is 34.3 Å². The number of carboxylic acids is 2. The molecule has 0 unspecified atom stereocenters. The van der Waals surface area contributed by atoms with Crippen LogP contribution in [-0.2, 0) is 7.05 Å². The van der Waals surface area contributed by atoms with Crippen molar-refractivity contribution in [2.24, 2.45) is 7.05 Å². The van der Waals surface area contributed by atoms with Gasteiger partial charge in [0.25, 0.3) is 0 Å². The lowest BCUT2D eigenvalue weighted by molar-refractivity contribution is 0.0686. The van der Waals surface area contributed by atoms with Crippen LogP contribution in [0.3, 0.4) is 0 Å². The maximum atomic E-state index is 11.9. The van der Waals surface area contributed by atoms with Gasteiger partial charge < -0.3 is 14.8 Å². The van der Waals surface area contributed by atoms with Gasteiger partial charge in [-0.05, 0) is 66.2 Å². The van der Waals surface area contributed by atoms with E-state index in [4.69, 9.17) is 4.98 Å². The molecule has 0 spiro atoms. The molecule has 0 saturated carbocycles. The number of carboxylic acid groups (broad SMARTS) is 2. The van der Waals surface area contributed by atoms with E-state index < -0.39 is 11.9 Å². The molecule has 0 aliphatic rings. The Morgan fingerprint density at radius 2 is 1.36 bits per heavy atom. The predicted octanol–water partition coefficient (Wildman–Crippen LogP) is 5.88. The van der Waals surface area contributed by atoms with Crippen LogP contribution in [0, 0.1) is 0 Å². The van der Waals surface area contributed by atoms with Crippen LogP contribution < -0.4 is 0 Å². The topological polar surface area (TPSA) is 131 Å². The molecule has 1 aromatic carbocycles. The molecule has 10 heteroatoms. The molecule has 0 atom stereocenters. The van der Waals surface area contributed by atoms with Crippen LogP contribution >= 0.6 is 11.3 Å². The smallest absolute Gasteiger partial charge is 0.335 e. The third-order valence-electron chi connectivity index (χ3n) is 6.26. The van der Waals surface area contributed by atoms with Crippen molar-refractivity contribution in [1.82, 2.24) is 24.5 Å². The Kier molecular flexibility index (Phi) is 5.93. The van der Waals surface area contributed by atoms with Gasteiger partial charge in [0.1, 0.15) is 0 Å². The molecule has 0 bridgehead atoms. The largest absolute Gasteiger partial charge is 0.478 e. The van der Waals surface area contributed by atoms with Crippen LogP contribution in [-0.4, -0.2) is 46.7 Å². The number of nitrogens with zero attached hydrogens (tertiary/aromatic N) is 5. The first-order valence-electron chi connectivity index (χ1n) is 11.8. The van der Waals surface area contributed by atoms with Crippen LogP contribution in [0.5, 0.6) is 0 Å². The maximum absolute atomic E-state index is 11.9. The second-order valence-corrected chi connectivity index (χ2v) is 9.83. The Morgan fingerprint density at radius 1 is 0.718 bits per heavy atom. The molecule has 0 aliphatic carbocycles. The van der Waals surface area contributed by atoms with Crippen LogP contribution in [0.1, 0.15) is 20.7 Å². The summed E-state index contributed by atoms with van der Waals surface area (Å²) in [6.45, 7) is 0. The van der Waals surface area contributed by atoms with E-state index in [9.17, 15) is 19.8 Å². The van der Waals surface area contributed by atoms with Gasteiger partial charge in [0.05, 0.1) is 49.8 Å². The first kappa shape index (κ1) is 24.1. The first-order chi connectivity index (χ1) is 18.9. The van der Waals surface area contributed by atoms with Gasteiger partial charge in [0, 0.05) is 24.3 Å². The highest BCUT2D eigenvalue weighted by atomic mass is 32.1. The molecule has 6 aromatic rings. The Bertz CT molecular complexity index is 1910. The molecule has 0 fully saturated rings. The van der Waals surface area contributed by atoms with Crippen LogP contribution in [0.4, 0.5) is 0 Å². The van der Waals surface area contributed by atoms with E-state index in [1.165, 1.54) is 30.5 Å². The number of para-hydroxylation sites is 2. The van der Waals surface area contributed by atoms with Crippen molar-refractivity contribution < 1.29 is 19.8 Å². The molecule has 39 heavy (non-hydrogen) atoms. The average Bonchev–Trinajstić information content (AvgIpc) is 3.58. The van der Waals surface area contributed by atoms with E-state index in [0.29, 0.717) is 11.4 Å². The summed E-state index contributed by atoms with van der Waals surface area (Å²) in [6, 6.07) is 21.3. The third kappa shape index (κ3) is 4.53. The second-order valence-electron chi connectivity index (χ2n) is 8.74. The number of hydrogen-bond donors (Lipinski definition) is 2. The molecule has 0 radical (unpaired) electrons. The molecule has 0 aliphatic heterocycles. The second kappa shape index (κ2) is 9.58.